The summed E-state index contributed by atoms with van der Waals surface area (Å²) in [7, 11) is 0. The molecule has 0 fully saturated rings. The molecular weight excluding hydrogens is 727 g/mol. The Morgan fingerprint density at radius 3 is 1.69 bits per heavy atom. The van der Waals surface area contributed by atoms with E-state index in [-0.39, 0.29) is 20.2 Å². The predicted molar refractivity (Wildman–Crippen MR) is 245 cm³/mol. The van der Waals surface area contributed by atoms with Crippen LogP contribution in [0.1, 0.15) is 45.2 Å². The van der Waals surface area contributed by atoms with E-state index >= 15 is 0 Å². The first kappa shape index (κ1) is 13.9. The molecule has 0 radical (unpaired) electrons. The van der Waals surface area contributed by atoms with E-state index in [0.29, 0.717) is 16.2 Å². The molecule has 0 atom stereocenters. The molecule has 272 valence electrons. The van der Waals surface area contributed by atoms with Gasteiger partial charge in [-0.1, -0.05) is 139 Å². The molecule has 9 aromatic carbocycles. The molecule has 0 aliphatic rings. The fraction of sp³-hybridized carbons (Fsp3) is 0. The van der Waals surface area contributed by atoms with Gasteiger partial charge in [0, 0.05) is 75.9 Å². The third kappa shape index (κ3) is 5.19. The van der Waals surface area contributed by atoms with Gasteiger partial charge in [0.2, 0.25) is 0 Å². The van der Waals surface area contributed by atoms with Crippen LogP contribution in [-0.4, -0.2) is 0 Å². The molecule has 58 heavy (non-hydrogen) atoms. The third-order valence-electron chi connectivity index (χ3n) is 9.08. The van der Waals surface area contributed by atoms with E-state index in [0.717, 1.165) is 0 Å². The molecule has 0 saturated heterocycles. The summed E-state index contributed by atoms with van der Waals surface area (Å²) < 4.78 is 311. The number of furan rings is 2. The number of anilines is 3. The van der Waals surface area contributed by atoms with Gasteiger partial charge >= 0.3 is 0 Å². The van der Waals surface area contributed by atoms with Crippen LogP contribution in [0.4, 0.5) is 17.1 Å². The van der Waals surface area contributed by atoms with E-state index in [4.69, 9.17) is 33.5 Å². The summed E-state index contributed by atoms with van der Waals surface area (Å²) >= 11 is 0.616. The minimum absolute atomic E-state index is 0.175. The highest BCUT2D eigenvalue weighted by Crippen LogP contribution is 2.49. The zero-order chi connectivity index (χ0) is 66.9. The van der Waals surface area contributed by atoms with Crippen LogP contribution in [0.25, 0.3) is 97.4 Å². The van der Waals surface area contributed by atoms with Crippen LogP contribution < -0.4 is 4.90 Å². The van der Waals surface area contributed by atoms with Crippen molar-refractivity contribution in [3.8, 4) is 33.4 Å². The van der Waals surface area contributed by atoms with Crippen molar-refractivity contribution in [3.05, 3.63) is 199 Å². The topological polar surface area (TPSA) is 29.5 Å². The smallest absolute Gasteiger partial charge is 0.144 e. The van der Waals surface area contributed by atoms with Gasteiger partial charge in [-0.25, -0.2) is 0 Å². The average Bonchev–Trinajstić information content (AvgIpc) is 1.57. The van der Waals surface area contributed by atoms with Crippen LogP contribution in [0.3, 0.4) is 0 Å². The lowest BCUT2D eigenvalue weighted by Gasteiger charge is -2.26. The zero-order valence-electron chi connectivity index (χ0n) is 61.7. The maximum Gasteiger partial charge on any atom is 0.144 e. The zero-order valence-corrected chi connectivity index (χ0v) is 29.5. The molecule has 0 saturated carbocycles. The minimum Gasteiger partial charge on any atom is -0.456 e. The quantitative estimate of drug-likeness (QED) is 0.168. The van der Waals surface area contributed by atoms with Gasteiger partial charge in [0.25, 0.3) is 0 Å². The largest absolute Gasteiger partial charge is 0.456 e. The molecule has 4 heteroatoms. The molecule has 0 spiro atoms. The van der Waals surface area contributed by atoms with Crippen molar-refractivity contribution >= 4 is 92.4 Å². The number of hydrogen-bond acceptors (Lipinski definition) is 4. The van der Waals surface area contributed by atoms with E-state index in [1.54, 1.807) is 0 Å². The molecule has 0 aliphatic carbocycles. The van der Waals surface area contributed by atoms with Crippen molar-refractivity contribution in [2.45, 2.75) is 0 Å². The Morgan fingerprint density at radius 1 is 0.397 bits per heavy atom. The molecule has 0 N–H and O–H groups in total. The summed E-state index contributed by atoms with van der Waals surface area (Å²) in [5.41, 5.74) is -10.7. The molecule has 12 rings (SSSR count). The molecule has 0 aliphatic heterocycles. The van der Waals surface area contributed by atoms with Crippen molar-refractivity contribution in [2.75, 3.05) is 4.90 Å². The second-order valence-electron chi connectivity index (χ2n) is 12.3. The Labute approximate surface area is 384 Å². The maximum absolute atomic E-state index is 10.1. The van der Waals surface area contributed by atoms with Crippen molar-refractivity contribution in [3.63, 3.8) is 0 Å². The SMILES string of the molecule is [2H]c1c([2H])c([2H])c(-c2c([2H])c([2H])c(N(c3c([2H])c([2H])c(-c4c([2H])c([2H])c([2H])c([2H])c4[2H])c([2H])c3[2H])c3c([2H])c([2H])c4c(oc5c(-c6c([2H])c([2H])c([2H])c7c6sc6c([2H])c([2H])c([2H])c([2H])c67)c6c(oc7c([2H])c([2H])c([2H])c([2H])c76)c([2H])c54)c3[2H])c([2H])c2[2H])c([2H])c1[2H]. The van der Waals surface area contributed by atoms with Crippen LogP contribution >= 0.6 is 11.3 Å². The van der Waals surface area contributed by atoms with Gasteiger partial charge in [-0.3, -0.25) is 0 Å². The summed E-state index contributed by atoms with van der Waals surface area (Å²) in [5, 5.41) is -2.75. The summed E-state index contributed by atoms with van der Waals surface area (Å²) in [6.45, 7) is 0. The Hall–Kier alpha value is -7.40. The number of nitrogens with zero attached hydrogens (tertiary/aromatic N) is 1. The van der Waals surface area contributed by atoms with Crippen molar-refractivity contribution in [1.29, 1.82) is 0 Å². The third-order valence-corrected chi connectivity index (χ3v) is 10.2. The van der Waals surface area contributed by atoms with Crippen LogP contribution in [-0.2, 0) is 0 Å². The van der Waals surface area contributed by atoms with Gasteiger partial charge < -0.3 is 13.7 Å². The molecule has 0 unspecified atom stereocenters. The normalized spacial score (nSPS) is 19.8. The Morgan fingerprint density at radius 2 is 0.983 bits per heavy atom. The van der Waals surface area contributed by atoms with Gasteiger partial charge in [0.1, 0.15) is 22.3 Å². The maximum atomic E-state index is 10.1. The predicted octanol–water partition coefficient (Wildman–Crippen LogP) is 16.3. The second kappa shape index (κ2) is 13.1. The van der Waals surface area contributed by atoms with Crippen LogP contribution in [0.2, 0.25) is 0 Å². The van der Waals surface area contributed by atoms with Crippen molar-refractivity contribution in [2.24, 2.45) is 0 Å². The molecule has 12 aromatic rings. The lowest BCUT2D eigenvalue weighted by Crippen LogP contribution is -2.09. The summed E-state index contributed by atoms with van der Waals surface area (Å²) in [6.07, 6.45) is 0. The van der Waals surface area contributed by atoms with E-state index in [2.05, 4.69) is 0 Å². The number of hydrogen-bond donors (Lipinski definition) is 0. The van der Waals surface area contributed by atoms with E-state index in [1.807, 2.05) is 0 Å². The van der Waals surface area contributed by atoms with Crippen LogP contribution in [0.15, 0.2) is 208 Å². The Balaban J connectivity index is 1.29. The van der Waals surface area contributed by atoms with Crippen molar-refractivity contribution in [1.82, 2.24) is 0 Å². The molecule has 3 aromatic heterocycles. The molecular formula is C54H33NO2S. The summed E-state index contributed by atoms with van der Waals surface area (Å²) in [6, 6.07) is -32.2. The monoisotopic (exact) mass is 792 g/mol. The number of benzene rings is 9. The standard InChI is InChI=1S/C54H33NO2S/c1-3-12-34(13-4-1)36-22-26-38(27-23-36)55(39-28-24-37(25-29-39)35-14-5-2-6-15-35)40-30-31-41-46-33-49-51(44-17-7-9-20-47(44)56-49)52(53(46)57-48(41)32-40)45-19-11-18-43-42-16-8-10-21-50(42)58-54(43)45/h1-33H/i1D,2D,3D,4D,5D,6D,7D,8D,9D,10D,11D,12D,13D,14D,15D,16D,17D,18D,19D,20D,21D,22D,23D,24D,25D,26D,27D,28D,29D,30D,31D,32D,33D. The Kier molecular flexibility index (Phi) is 3.14. The number of fused-ring (bicyclic) bond motifs is 9. The second-order valence-corrected chi connectivity index (χ2v) is 13.3. The summed E-state index contributed by atoms with van der Waals surface area (Å²) in [4.78, 5) is 0.340. The van der Waals surface area contributed by atoms with Gasteiger partial charge in [-0.15, -0.1) is 11.3 Å². The summed E-state index contributed by atoms with van der Waals surface area (Å²) in [5.74, 6) is 0. The van der Waals surface area contributed by atoms with Crippen LogP contribution in [0, 0.1) is 0 Å². The molecule has 3 nitrogen and oxygen atoms in total. The van der Waals surface area contributed by atoms with Gasteiger partial charge in [-0.05, 0) is 76.6 Å². The highest BCUT2D eigenvalue weighted by atomic mass is 32.1. The fourth-order valence-electron chi connectivity index (χ4n) is 6.59. The van der Waals surface area contributed by atoms with Crippen molar-refractivity contribution < 1.29 is 54.1 Å². The van der Waals surface area contributed by atoms with E-state index in [1.165, 1.54) is 0 Å². The molecule has 0 amide bonds. The first-order valence-corrected chi connectivity index (χ1v) is 17.7. The molecule has 3 heterocycles. The number of para-hydroxylation sites is 1. The average molecular weight is 793 g/mol. The van der Waals surface area contributed by atoms with E-state index in [9.17, 15) is 20.6 Å². The lowest BCUT2D eigenvalue weighted by atomic mass is 9.95. The fourth-order valence-corrected chi connectivity index (χ4v) is 7.67. The first-order valence-electron chi connectivity index (χ1n) is 33.4. The highest BCUT2D eigenvalue weighted by Gasteiger charge is 2.24. The Bertz CT molecular complexity index is 5220. The van der Waals surface area contributed by atoms with Crippen LogP contribution in [0.5, 0.6) is 0 Å². The first-order chi connectivity index (χ1) is 42.5. The lowest BCUT2D eigenvalue weighted by molar-refractivity contribution is 0.664. The minimum atomic E-state index is -1.28. The highest BCUT2D eigenvalue weighted by molar-refractivity contribution is 7.26. The van der Waals surface area contributed by atoms with Gasteiger partial charge in [0.15, 0.2) is 0 Å². The van der Waals surface area contributed by atoms with E-state index < -0.39 is 294 Å². The number of thiophene rings is 1. The van der Waals surface area contributed by atoms with Gasteiger partial charge in [0.05, 0.1) is 45.2 Å². The number of rotatable bonds is 6. The molecule has 0 bridgehead atoms. The van der Waals surface area contributed by atoms with Gasteiger partial charge in [-0.2, -0.15) is 0 Å².